The predicted octanol–water partition coefficient (Wildman–Crippen LogP) is 5.86. The molecule has 3 heterocycles. The Kier molecular flexibility index (Phi) is 6.85. The third-order valence-corrected chi connectivity index (χ3v) is 6.53. The molecule has 0 bridgehead atoms. The Balaban J connectivity index is 1.49. The molecule has 6 nitrogen and oxygen atoms in total. The van der Waals surface area contributed by atoms with Crippen molar-refractivity contribution in [1.29, 1.82) is 0 Å². The number of nitrogens with zero attached hydrogens (tertiary/aromatic N) is 2. The van der Waals surface area contributed by atoms with Gasteiger partial charge in [-0.15, -0.1) is 0 Å². The molecule has 0 radical (unpaired) electrons. The van der Waals surface area contributed by atoms with Crippen molar-refractivity contribution in [1.82, 2.24) is 4.68 Å². The molecule has 1 aliphatic rings. The third-order valence-electron chi connectivity index (χ3n) is 5.24. The van der Waals surface area contributed by atoms with Crippen LogP contribution in [0.4, 0.5) is 0 Å². The minimum absolute atomic E-state index is 0.184. The highest BCUT2D eigenvalue weighted by atomic mass is 32.2. The molecule has 170 valence electrons. The second-order valence-electron chi connectivity index (χ2n) is 7.69. The molecule has 0 saturated carbocycles. The van der Waals surface area contributed by atoms with Crippen molar-refractivity contribution >= 4 is 46.3 Å². The fraction of sp³-hybridized carbons (Fsp3) is 0.240. The number of hydrogen-bond donors (Lipinski definition) is 0. The molecule has 2 aromatic heterocycles. The highest BCUT2D eigenvalue weighted by molar-refractivity contribution is 8.27. The summed E-state index contributed by atoms with van der Waals surface area (Å²) < 4.78 is 13.5. The fourth-order valence-electron chi connectivity index (χ4n) is 3.49. The first-order valence-electron chi connectivity index (χ1n) is 10.7. The number of thiocarbonyl (C=S) groups is 1. The standard InChI is InChI=1S/C25H24N2O4S2/c1-4-5-14-30-24(29)19-10-8-18(9-11-19)21-13-12-20(31-21)15-22-23(28)27(25(32)33-22)26-16(2)6-7-17(26)3/h6-13,15H,4-5,14H2,1-3H3/b22-15+. The normalized spacial score (nSPS) is 15.0. The number of esters is 1. The Morgan fingerprint density at radius 1 is 1.09 bits per heavy atom. The first kappa shape index (κ1) is 23.1. The molecule has 1 aliphatic heterocycles. The number of aromatic nitrogens is 1. The molecule has 0 spiro atoms. The van der Waals surface area contributed by atoms with Gasteiger partial charge in [0.05, 0.1) is 17.1 Å². The summed E-state index contributed by atoms with van der Waals surface area (Å²) in [6, 6.07) is 14.6. The van der Waals surface area contributed by atoms with Gasteiger partial charge in [-0.2, -0.15) is 5.01 Å². The average molecular weight is 481 g/mol. The molecule has 8 heteroatoms. The number of amides is 1. The van der Waals surface area contributed by atoms with Gasteiger partial charge in [0.15, 0.2) is 4.32 Å². The zero-order valence-electron chi connectivity index (χ0n) is 18.7. The number of aryl methyl sites for hydroxylation is 2. The zero-order valence-corrected chi connectivity index (χ0v) is 20.3. The van der Waals surface area contributed by atoms with Crippen molar-refractivity contribution in [2.24, 2.45) is 0 Å². The van der Waals surface area contributed by atoms with Crippen LogP contribution in [0.3, 0.4) is 0 Å². The van der Waals surface area contributed by atoms with E-state index in [0.717, 1.165) is 29.8 Å². The molecule has 0 atom stereocenters. The van der Waals surface area contributed by atoms with Crippen molar-refractivity contribution in [2.45, 2.75) is 33.6 Å². The maximum atomic E-state index is 13.0. The molecule has 0 unspecified atom stereocenters. The van der Waals surface area contributed by atoms with E-state index in [4.69, 9.17) is 21.4 Å². The Morgan fingerprint density at radius 3 is 2.45 bits per heavy atom. The highest BCUT2D eigenvalue weighted by Crippen LogP contribution is 2.34. The predicted molar refractivity (Wildman–Crippen MR) is 135 cm³/mol. The summed E-state index contributed by atoms with van der Waals surface area (Å²) in [5.41, 5.74) is 3.19. The van der Waals surface area contributed by atoms with Gasteiger partial charge in [0.25, 0.3) is 5.91 Å². The lowest BCUT2D eigenvalue weighted by Crippen LogP contribution is -2.39. The monoisotopic (exact) mass is 480 g/mol. The molecule has 3 aromatic rings. The molecule has 33 heavy (non-hydrogen) atoms. The van der Waals surface area contributed by atoms with E-state index in [0.29, 0.717) is 32.9 Å². The number of rotatable bonds is 7. The smallest absolute Gasteiger partial charge is 0.338 e. The van der Waals surface area contributed by atoms with Gasteiger partial charge in [-0.25, -0.2) is 4.79 Å². The van der Waals surface area contributed by atoms with Crippen LogP contribution in [0.15, 0.2) is 57.9 Å². The summed E-state index contributed by atoms with van der Waals surface area (Å²) in [7, 11) is 0. The number of carbonyl (C=O) groups excluding carboxylic acids is 2. The van der Waals surface area contributed by atoms with Gasteiger partial charge >= 0.3 is 5.97 Å². The van der Waals surface area contributed by atoms with Crippen molar-refractivity contribution in [3.05, 3.63) is 76.1 Å². The van der Waals surface area contributed by atoms with Gasteiger partial charge in [-0.1, -0.05) is 37.2 Å². The maximum absolute atomic E-state index is 13.0. The Morgan fingerprint density at radius 2 is 1.79 bits per heavy atom. The maximum Gasteiger partial charge on any atom is 0.338 e. The molecule has 4 rings (SSSR count). The molecule has 1 saturated heterocycles. The molecular formula is C25H24N2O4S2. The number of unbranched alkanes of at least 4 members (excludes halogenated alkanes) is 1. The molecule has 0 aliphatic carbocycles. The summed E-state index contributed by atoms with van der Waals surface area (Å²) in [6.45, 7) is 6.34. The number of ether oxygens (including phenoxy) is 1. The lowest BCUT2D eigenvalue weighted by Gasteiger charge is -2.20. The van der Waals surface area contributed by atoms with Crippen molar-refractivity contribution in [2.75, 3.05) is 11.6 Å². The van der Waals surface area contributed by atoms with Gasteiger partial charge in [0, 0.05) is 23.0 Å². The summed E-state index contributed by atoms with van der Waals surface area (Å²) in [5.74, 6) is 0.677. The van der Waals surface area contributed by atoms with E-state index >= 15 is 0 Å². The first-order valence-corrected chi connectivity index (χ1v) is 11.9. The van der Waals surface area contributed by atoms with E-state index in [-0.39, 0.29) is 11.9 Å². The SMILES string of the molecule is CCCCOC(=O)c1ccc(-c2ccc(/C=C3/SC(=S)N(n4c(C)ccc4C)C3=O)o2)cc1. The molecule has 1 aromatic carbocycles. The van der Waals surface area contributed by atoms with Gasteiger partial charge in [-0.05, 0) is 68.9 Å². The average Bonchev–Trinajstić information content (AvgIpc) is 3.47. The minimum atomic E-state index is -0.328. The second kappa shape index (κ2) is 9.80. The Labute approximate surface area is 202 Å². The van der Waals surface area contributed by atoms with E-state index < -0.39 is 0 Å². The Hall–Kier alpha value is -3.10. The molecule has 1 amide bonds. The topological polar surface area (TPSA) is 64.7 Å². The van der Waals surface area contributed by atoms with Crippen molar-refractivity contribution in [3.63, 3.8) is 0 Å². The van der Waals surface area contributed by atoms with Crippen LogP contribution in [0.1, 0.15) is 47.3 Å². The van der Waals surface area contributed by atoms with Crippen LogP contribution in [-0.4, -0.2) is 27.5 Å². The molecular weight excluding hydrogens is 456 g/mol. The number of benzene rings is 1. The van der Waals surface area contributed by atoms with Crippen LogP contribution in [0.25, 0.3) is 17.4 Å². The van der Waals surface area contributed by atoms with E-state index in [2.05, 4.69) is 0 Å². The van der Waals surface area contributed by atoms with E-state index in [1.165, 1.54) is 16.8 Å². The number of furan rings is 1. The third kappa shape index (κ3) is 4.82. The quantitative estimate of drug-likeness (QED) is 0.183. The van der Waals surface area contributed by atoms with Gasteiger partial charge in [0.1, 0.15) is 11.5 Å². The van der Waals surface area contributed by atoms with Crippen LogP contribution in [0.2, 0.25) is 0 Å². The number of thioether (sulfide) groups is 1. The molecule has 1 fully saturated rings. The molecule has 0 N–H and O–H groups in total. The summed E-state index contributed by atoms with van der Waals surface area (Å²) in [6.07, 6.45) is 3.53. The zero-order chi connectivity index (χ0) is 23.5. The van der Waals surface area contributed by atoms with Crippen LogP contribution in [0, 0.1) is 13.8 Å². The minimum Gasteiger partial charge on any atom is -0.462 e. The highest BCUT2D eigenvalue weighted by Gasteiger charge is 2.35. The number of carbonyl (C=O) groups is 2. The summed E-state index contributed by atoms with van der Waals surface area (Å²) >= 11 is 6.71. The Bertz CT molecular complexity index is 1220. The van der Waals surface area contributed by atoms with Crippen LogP contribution in [-0.2, 0) is 9.53 Å². The van der Waals surface area contributed by atoms with Crippen molar-refractivity contribution < 1.29 is 18.7 Å². The van der Waals surface area contributed by atoms with Crippen molar-refractivity contribution in [3.8, 4) is 11.3 Å². The van der Waals surface area contributed by atoms with Crippen LogP contribution in [0.5, 0.6) is 0 Å². The lowest BCUT2D eigenvalue weighted by molar-refractivity contribution is -0.114. The van der Waals surface area contributed by atoms with Crippen LogP contribution >= 0.6 is 24.0 Å². The second-order valence-corrected chi connectivity index (χ2v) is 9.37. The van der Waals surface area contributed by atoms with E-state index in [9.17, 15) is 9.59 Å². The number of hydrogen-bond acceptors (Lipinski definition) is 6. The largest absolute Gasteiger partial charge is 0.462 e. The van der Waals surface area contributed by atoms with Gasteiger partial charge in [-0.3, -0.25) is 9.47 Å². The summed E-state index contributed by atoms with van der Waals surface area (Å²) in [5, 5.41) is 1.51. The van der Waals surface area contributed by atoms with Gasteiger partial charge < -0.3 is 9.15 Å². The lowest BCUT2D eigenvalue weighted by atomic mass is 10.1. The van der Waals surface area contributed by atoms with Gasteiger partial charge in [0.2, 0.25) is 0 Å². The van der Waals surface area contributed by atoms with Crippen LogP contribution < -0.4 is 5.01 Å². The van der Waals surface area contributed by atoms with E-state index in [1.807, 2.05) is 55.8 Å². The van der Waals surface area contributed by atoms with E-state index in [1.54, 1.807) is 24.3 Å². The summed E-state index contributed by atoms with van der Waals surface area (Å²) in [4.78, 5) is 25.6. The first-order chi connectivity index (χ1) is 15.9. The fourth-order valence-corrected chi connectivity index (χ4v) is 4.71.